The first-order valence-electron chi connectivity index (χ1n) is 4.89. The van der Waals surface area contributed by atoms with Crippen molar-refractivity contribution >= 4 is 6.29 Å². The van der Waals surface area contributed by atoms with Crippen LogP contribution in [0.4, 0.5) is 0 Å². The standard InChI is InChI=1S/C12H20O/c1-5-12(8-9-13)11(4)7-6-10(2)3/h6,8-9,11H,5,7H2,1-4H3. The number of hydrogen-bond acceptors (Lipinski definition) is 1. The molecule has 1 heteroatoms. The zero-order valence-electron chi connectivity index (χ0n) is 9.13. The van der Waals surface area contributed by atoms with Gasteiger partial charge < -0.3 is 0 Å². The molecule has 0 aliphatic heterocycles. The Hall–Kier alpha value is -0.850. The summed E-state index contributed by atoms with van der Waals surface area (Å²) < 4.78 is 0. The van der Waals surface area contributed by atoms with Gasteiger partial charge in [-0.25, -0.2) is 0 Å². The second kappa shape index (κ2) is 6.64. The van der Waals surface area contributed by atoms with Gasteiger partial charge in [-0.1, -0.05) is 31.1 Å². The first-order chi connectivity index (χ1) is 6.11. The van der Waals surface area contributed by atoms with E-state index in [1.54, 1.807) is 6.08 Å². The van der Waals surface area contributed by atoms with Crippen LogP contribution in [0.2, 0.25) is 0 Å². The molecule has 0 N–H and O–H groups in total. The Morgan fingerprint density at radius 1 is 1.38 bits per heavy atom. The Morgan fingerprint density at radius 3 is 2.38 bits per heavy atom. The summed E-state index contributed by atoms with van der Waals surface area (Å²) in [6, 6.07) is 0. The molecule has 0 bridgehead atoms. The smallest absolute Gasteiger partial charge is 0.142 e. The average molecular weight is 180 g/mol. The van der Waals surface area contributed by atoms with Gasteiger partial charge in [0.25, 0.3) is 0 Å². The zero-order chi connectivity index (χ0) is 10.3. The van der Waals surface area contributed by atoms with Gasteiger partial charge in [-0.05, 0) is 38.7 Å². The Bertz CT molecular complexity index is 207. The van der Waals surface area contributed by atoms with Crippen LogP contribution in [0.25, 0.3) is 0 Å². The minimum absolute atomic E-state index is 0.491. The summed E-state index contributed by atoms with van der Waals surface area (Å²) in [5.74, 6) is 0.491. The maximum absolute atomic E-state index is 10.3. The Labute approximate surface area is 81.5 Å². The van der Waals surface area contributed by atoms with E-state index < -0.39 is 0 Å². The monoisotopic (exact) mass is 180 g/mol. The Balaban J connectivity index is 4.22. The van der Waals surface area contributed by atoms with Gasteiger partial charge in [-0.2, -0.15) is 0 Å². The summed E-state index contributed by atoms with van der Waals surface area (Å²) in [4.78, 5) is 10.3. The van der Waals surface area contributed by atoms with Crippen molar-refractivity contribution in [3.05, 3.63) is 23.3 Å². The lowest BCUT2D eigenvalue weighted by Gasteiger charge is -2.11. The third-order valence-electron chi connectivity index (χ3n) is 2.20. The third kappa shape index (κ3) is 5.40. The molecule has 0 heterocycles. The molecule has 0 radical (unpaired) electrons. The Kier molecular flexibility index (Phi) is 6.21. The van der Waals surface area contributed by atoms with Crippen molar-refractivity contribution in [2.24, 2.45) is 5.92 Å². The van der Waals surface area contributed by atoms with Gasteiger partial charge in [0.2, 0.25) is 0 Å². The van der Waals surface area contributed by atoms with Crippen molar-refractivity contribution in [1.82, 2.24) is 0 Å². The molecule has 0 fully saturated rings. The van der Waals surface area contributed by atoms with Crippen molar-refractivity contribution < 1.29 is 4.79 Å². The highest BCUT2D eigenvalue weighted by molar-refractivity contribution is 5.66. The normalized spacial score (nSPS) is 13.7. The molecule has 0 aromatic carbocycles. The molecule has 0 saturated carbocycles. The topological polar surface area (TPSA) is 17.1 Å². The molecule has 13 heavy (non-hydrogen) atoms. The van der Waals surface area contributed by atoms with Gasteiger partial charge >= 0.3 is 0 Å². The first-order valence-corrected chi connectivity index (χ1v) is 4.89. The number of hydrogen-bond donors (Lipinski definition) is 0. The minimum Gasteiger partial charge on any atom is -0.299 e. The maximum atomic E-state index is 10.3. The largest absolute Gasteiger partial charge is 0.299 e. The molecule has 1 unspecified atom stereocenters. The molecular weight excluding hydrogens is 160 g/mol. The summed E-state index contributed by atoms with van der Waals surface area (Å²) in [6.07, 6.45) is 6.81. The molecule has 0 amide bonds. The summed E-state index contributed by atoms with van der Waals surface area (Å²) >= 11 is 0. The second-order valence-electron chi connectivity index (χ2n) is 3.65. The fourth-order valence-electron chi connectivity index (χ4n) is 1.28. The molecule has 0 aliphatic carbocycles. The van der Waals surface area contributed by atoms with Crippen LogP contribution in [-0.2, 0) is 4.79 Å². The van der Waals surface area contributed by atoms with Crippen molar-refractivity contribution in [2.45, 2.75) is 40.5 Å². The second-order valence-corrected chi connectivity index (χ2v) is 3.65. The van der Waals surface area contributed by atoms with E-state index in [0.717, 1.165) is 19.1 Å². The van der Waals surface area contributed by atoms with Crippen LogP contribution in [-0.4, -0.2) is 6.29 Å². The molecule has 1 nitrogen and oxygen atoms in total. The molecule has 74 valence electrons. The fraction of sp³-hybridized carbons (Fsp3) is 0.583. The third-order valence-corrected chi connectivity index (χ3v) is 2.20. The van der Waals surface area contributed by atoms with Crippen LogP contribution < -0.4 is 0 Å². The van der Waals surface area contributed by atoms with Crippen molar-refractivity contribution in [3.8, 4) is 0 Å². The molecule has 1 atom stereocenters. The predicted molar refractivity (Wildman–Crippen MR) is 57.7 cm³/mol. The highest BCUT2D eigenvalue weighted by Crippen LogP contribution is 2.18. The van der Waals surface area contributed by atoms with Gasteiger partial charge in [0.1, 0.15) is 6.29 Å². The predicted octanol–water partition coefficient (Wildman–Crippen LogP) is 3.51. The van der Waals surface area contributed by atoms with Gasteiger partial charge in [0, 0.05) is 0 Å². The van der Waals surface area contributed by atoms with Gasteiger partial charge in [0.05, 0.1) is 0 Å². The molecule has 0 aliphatic rings. The average Bonchev–Trinajstić information content (AvgIpc) is 2.10. The van der Waals surface area contributed by atoms with E-state index in [1.165, 1.54) is 11.1 Å². The number of aldehydes is 1. The van der Waals surface area contributed by atoms with Gasteiger partial charge in [-0.3, -0.25) is 4.79 Å². The van der Waals surface area contributed by atoms with Crippen molar-refractivity contribution in [1.29, 1.82) is 0 Å². The van der Waals surface area contributed by atoms with E-state index in [2.05, 4.69) is 33.8 Å². The van der Waals surface area contributed by atoms with E-state index in [4.69, 9.17) is 0 Å². The number of carbonyl (C=O) groups excluding carboxylic acids is 1. The van der Waals surface area contributed by atoms with E-state index in [1.807, 2.05) is 0 Å². The van der Waals surface area contributed by atoms with Crippen LogP contribution in [0.15, 0.2) is 23.3 Å². The van der Waals surface area contributed by atoms with E-state index in [9.17, 15) is 4.79 Å². The van der Waals surface area contributed by atoms with E-state index in [-0.39, 0.29) is 0 Å². The number of carbonyl (C=O) groups is 1. The molecule has 0 spiro atoms. The fourth-order valence-corrected chi connectivity index (χ4v) is 1.28. The molecule has 0 aromatic rings. The summed E-state index contributed by atoms with van der Waals surface area (Å²) in [6.45, 7) is 8.45. The molecular formula is C12H20O. The highest BCUT2D eigenvalue weighted by Gasteiger charge is 2.04. The highest BCUT2D eigenvalue weighted by atomic mass is 16.1. The lowest BCUT2D eigenvalue weighted by molar-refractivity contribution is -0.104. The van der Waals surface area contributed by atoms with Crippen molar-refractivity contribution in [3.63, 3.8) is 0 Å². The van der Waals surface area contributed by atoms with Gasteiger partial charge in [0.15, 0.2) is 0 Å². The van der Waals surface area contributed by atoms with Crippen LogP contribution in [0, 0.1) is 5.92 Å². The van der Waals surface area contributed by atoms with Crippen LogP contribution >= 0.6 is 0 Å². The minimum atomic E-state index is 0.491. The first kappa shape index (κ1) is 12.2. The molecule has 0 rings (SSSR count). The number of allylic oxidation sites excluding steroid dienone is 4. The van der Waals surface area contributed by atoms with Crippen LogP contribution in [0.3, 0.4) is 0 Å². The Morgan fingerprint density at radius 2 is 2.00 bits per heavy atom. The number of rotatable bonds is 5. The quantitative estimate of drug-likeness (QED) is 0.359. The summed E-state index contributed by atoms with van der Waals surface area (Å²) in [5.41, 5.74) is 2.58. The van der Waals surface area contributed by atoms with E-state index in [0.29, 0.717) is 5.92 Å². The van der Waals surface area contributed by atoms with Gasteiger partial charge in [-0.15, -0.1) is 0 Å². The maximum Gasteiger partial charge on any atom is 0.142 e. The van der Waals surface area contributed by atoms with Crippen LogP contribution in [0.5, 0.6) is 0 Å². The lowest BCUT2D eigenvalue weighted by atomic mass is 9.94. The van der Waals surface area contributed by atoms with Crippen molar-refractivity contribution in [2.75, 3.05) is 0 Å². The van der Waals surface area contributed by atoms with E-state index >= 15 is 0 Å². The summed E-state index contributed by atoms with van der Waals surface area (Å²) in [5, 5.41) is 0. The SMILES string of the molecule is CCC(=CC=O)C(C)CC=C(C)C. The van der Waals surface area contributed by atoms with Crippen LogP contribution in [0.1, 0.15) is 40.5 Å². The molecule has 0 saturated heterocycles. The lowest BCUT2D eigenvalue weighted by Crippen LogP contribution is -1.97. The zero-order valence-corrected chi connectivity index (χ0v) is 9.13. The summed E-state index contributed by atoms with van der Waals surface area (Å²) in [7, 11) is 0. The molecule has 0 aromatic heterocycles.